The van der Waals surface area contributed by atoms with Gasteiger partial charge in [0.2, 0.25) is 11.8 Å². The lowest BCUT2D eigenvalue weighted by molar-refractivity contribution is -0.125. The van der Waals surface area contributed by atoms with Gasteiger partial charge in [-0.15, -0.1) is 0 Å². The minimum atomic E-state index is -0.812. The summed E-state index contributed by atoms with van der Waals surface area (Å²) in [7, 11) is 0. The van der Waals surface area contributed by atoms with Crippen LogP contribution in [0.15, 0.2) is 42.5 Å². The van der Waals surface area contributed by atoms with E-state index in [1.807, 2.05) is 18.2 Å². The maximum atomic E-state index is 12.7. The first kappa shape index (κ1) is 12.2. The molecule has 5 rings (SSSR count). The summed E-state index contributed by atoms with van der Waals surface area (Å²) in [5.41, 5.74) is 4.67. The van der Waals surface area contributed by atoms with E-state index in [0.29, 0.717) is 5.92 Å². The summed E-state index contributed by atoms with van der Waals surface area (Å²) in [6, 6.07) is 14.5. The van der Waals surface area contributed by atoms with Gasteiger partial charge in [0.15, 0.2) is 0 Å². The third-order valence-electron chi connectivity index (χ3n) is 5.30. The SMILES string of the molecule is O=C1CC2(C(=O)N1)c1ccccc1-c1ccc(C3CC3)cc12. The second-order valence-electron chi connectivity index (χ2n) is 6.58. The highest BCUT2D eigenvalue weighted by atomic mass is 16.2. The zero-order valence-electron chi connectivity index (χ0n) is 12.1. The van der Waals surface area contributed by atoms with Crippen LogP contribution in [0.5, 0.6) is 0 Å². The van der Waals surface area contributed by atoms with Crippen LogP contribution in [0.3, 0.4) is 0 Å². The van der Waals surface area contributed by atoms with Gasteiger partial charge in [-0.25, -0.2) is 0 Å². The third-order valence-corrected chi connectivity index (χ3v) is 5.30. The van der Waals surface area contributed by atoms with Crippen LogP contribution in [0, 0.1) is 0 Å². The molecule has 2 aromatic rings. The number of fused-ring (bicyclic) bond motifs is 5. The summed E-state index contributed by atoms with van der Waals surface area (Å²) in [6.45, 7) is 0. The molecule has 1 aliphatic heterocycles. The Bertz CT molecular complexity index is 850. The second kappa shape index (κ2) is 3.86. The first-order chi connectivity index (χ1) is 10.7. The largest absolute Gasteiger partial charge is 0.295 e. The molecule has 1 heterocycles. The molecule has 0 radical (unpaired) electrons. The number of hydrogen-bond donors (Lipinski definition) is 1. The zero-order chi connectivity index (χ0) is 14.9. The monoisotopic (exact) mass is 289 g/mol. The molecule has 2 fully saturated rings. The summed E-state index contributed by atoms with van der Waals surface area (Å²) in [4.78, 5) is 24.6. The van der Waals surface area contributed by atoms with Crippen LogP contribution in [0.2, 0.25) is 0 Å². The van der Waals surface area contributed by atoms with Crippen LogP contribution in [-0.2, 0) is 15.0 Å². The van der Waals surface area contributed by atoms with Crippen LogP contribution < -0.4 is 5.32 Å². The van der Waals surface area contributed by atoms with Crippen molar-refractivity contribution < 1.29 is 9.59 Å². The Labute approximate surface area is 128 Å². The molecule has 108 valence electrons. The highest BCUT2D eigenvalue weighted by Crippen LogP contribution is 2.54. The van der Waals surface area contributed by atoms with Crippen molar-refractivity contribution >= 4 is 11.8 Å². The van der Waals surface area contributed by atoms with Crippen molar-refractivity contribution in [2.45, 2.75) is 30.6 Å². The van der Waals surface area contributed by atoms with E-state index in [9.17, 15) is 9.59 Å². The van der Waals surface area contributed by atoms with Crippen molar-refractivity contribution in [1.82, 2.24) is 5.32 Å². The number of hydrogen-bond acceptors (Lipinski definition) is 2. The molecule has 3 heteroatoms. The van der Waals surface area contributed by atoms with Crippen molar-refractivity contribution in [2.75, 3.05) is 0 Å². The molecular weight excluding hydrogens is 274 g/mol. The Hall–Kier alpha value is -2.42. The number of carbonyl (C=O) groups is 2. The molecule has 3 aliphatic rings. The Morgan fingerprint density at radius 3 is 2.45 bits per heavy atom. The number of nitrogens with one attached hydrogen (secondary N) is 1. The molecule has 1 saturated carbocycles. The predicted molar refractivity (Wildman–Crippen MR) is 82.4 cm³/mol. The van der Waals surface area contributed by atoms with Gasteiger partial charge in [-0.05, 0) is 46.6 Å². The molecule has 1 spiro atoms. The van der Waals surface area contributed by atoms with E-state index < -0.39 is 5.41 Å². The first-order valence-electron chi connectivity index (χ1n) is 7.79. The van der Waals surface area contributed by atoms with Crippen molar-refractivity contribution in [3.63, 3.8) is 0 Å². The van der Waals surface area contributed by atoms with E-state index in [0.717, 1.165) is 22.3 Å². The van der Waals surface area contributed by atoms with Gasteiger partial charge in [-0.2, -0.15) is 0 Å². The quantitative estimate of drug-likeness (QED) is 0.821. The van der Waals surface area contributed by atoms with Crippen molar-refractivity contribution in [3.8, 4) is 11.1 Å². The molecule has 1 saturated heterocycles. The number of imide groups is 1. The summed E-state index contributed by atoms with van der Waals surface area (Å²) in [5.74, 6) is 0.285. The molecular formula is C19H15NO2. The van der Waals surface area contributed by atoms with Crippen molar-refractivity contribution in [2.24, 2.45) is 0 Å². The molecule has 2 aromatic carbocycles. The van der Waals surface area contributed by atoms with Gasteiger partial charge in [0.1, 0.15) is 5.41 Å². The topological polar surface area (TPSA) is 46.2 Å². The van der Waals surface area contributed by atoms with Gasteiger partial charge in [-0.1, -0.05) is 42.5 Å². The number of rotatable bonds is 1. The van der Waals surface area contributed by atoms with Gasteiger partial charge >= 0.3 is 0 Å². The van der Waals surface area contributed by atoms with E-state index in [-0.39, 0.29) is 18.2 Å². The Morgan fingerprint density at radius 2 is 1.73 bits per heavy atom. The lowest BCUT2D eigenvalue weighted by Crippen LogP contribution is -2.35. The van der Waals surface area contributed by atoms with Crippen LogP contribution in [0.1, 0.15) is 41.9 Å². The van der Waals surface area contributed by atoms with E-state index in [2.05, 4.69) is 29.6 Å². The summed E-state index contributed by atoms with van der Waals surface area (Å²) < 4.78 is 0. The average molecular weight is 289 g/mol. The molecule has 3 nitrogen and oxygen atoms in total. The molecule has 2 aliphatic carbocycles. The second-order valence-corrected chi connectivity index (χ2v) is 6.58. The Morgan fingerprint density at radius 1 is 0.955 bits per heavy atom. The summed E-state index contributed by atoms with van der Waals surface area (Å²) in [6.07, 6.45) is 2.68. The van der Waals surface area contributed by atoms with Crippen LogP contribution in [-0.4, -0.2) is 11.8 Å². The molecule has 0 aromatic heterocycles. The normalized spacial score (nSPS) is 25.3. The number of carbonyl (C=O) groups excluding carboxylic acids is 2. The Balaban J connectivity index is 1.83. The summed E-state index contributed by atoms with van der Waals surface area (Å²) in [5, 5.41) is 2.52. The van der Waals surface area contributed by atoms with Crippen LogP contribution in [0.25, 0.3) is 11.1 Å². The lowest BCUT2D eigenvalue weighted by atomic mass is 9.76. The molecule has 22 heavy (non-hydrogen) atoms. The molecule has 1 atom stereocenters. The van der Waals surface area contributed by atoms with Gasteiger partial charge in [-0.3, -0.25) is 14.9 Å². The fourth-order valence-electron chi connectivity index (χ4n) is 4.09. The van der Waals surface area contributed by atoms with E-state index in [1.54, 1.807) is 0 Å². The molecule has 1 unspecified atom stereocenters. The molecule has 1 N–H and O–H groups in total. The molecule has 2 amide bonds. The van der Waals surface area contributed by atoms with Crippen molar-refractivity contribution in [3.05, 3.63) is 59.2 Å². The lowest BCUT2D eigenvalue weighted by Gasteiger charge is -2.22. The van der Waals surface area contributed by atoms with Crippen LogP contribution in [0.4, 0.5) is 0 Å². The van der Waals surface area contributed by atoms with E-state index in [1.165, 1.54) is 18.4 Å². The minimum absolute atomic E-state index is 0.170. The first-order valence-corrected chi connectivity index (χ1v) is 7.79. The fraction of sp³-hybridized carbons (Fsp3) is 0.263. The highest BCUT2D eigenvalue weighted by molar-refractivity contribution is 6.14. The highest BCUT2D eigenvalue weighted by Gasteiger charge is 2.54. The van der Waals surface area contributed by atoms with Gasteiger partial charge in [0, 0.05) is 6.42 Å². The van der Waals surface area contributed by atoms with Gasteiger partial charge in [0.05, 0.1) is 0 Å². The average Bonchev–Trinajstić information content (AvgIpc) is 3.28. The van der Waals surface area contributed by atoms with E-state index >= 15 is 0 Å². The fourth-order valence-corrected chi connectivity index (χ4v) is 4.09. The maximum Gasteiger partial charge on any atom is 0.242 e. The molecule has 0 bridgehead atoms. The third kappa shape index (κ3) is 1.36. The number of benzene rings is 2. The predicted octanol–water partition coefficient (Wildman–Crippen LogP) is 2.88. The van der Waals surface area contributed by atoms with Crippen molar-refractivity contribution in [1.29, 1.82) is 0 Å². The summed E-state index contributed by atoms with van der Waals surface area (Å²) >= 11 is 0. The Kier molecular flexibility index (Phi) is 2.13. The van der Waals surface area contributed by atoms with Gasteiger partial charge in [0.25, 0.3) is 0 Å². The van der Waals surface area contributed by atoms with Crippen LogP contribution >= 0.6 is 0 Å². The maximum absolute atomic E-state index is 12.7. The smallest absolute Gasteiger partial charge is 0.242 e. The zero-order valence-corrected chi connectivity index (χ0v) is 12.1. The number of amides is 2. The van der Waals surface area contributed by atoms with E-state index in [4.69, 9.17) is 0 Å². The standard InChI is InChI=1S/C19H15NO2/c21-17-10-19(18(22)20-17)15-4-2-1-3-13(15)14-8-7-12(9-16(14)19)11-5-6-11/h1-4,7-9,11H,5-6,10H2,(H,20,21,22). The minimum Gasteiger partial charge on any atom is -0.295 e. The van der Waals surface area contributed by atoms with Gasteiger partial charge < -0.3 is 0 Å².